The Balaban J connectivity index is 1.68. The number of aromatic nitrogens is 2. The van der Waals surface area contributed by atoms with Crippen LogP contribution in [0.15, 0.2) is 6.20 Å². The molecule has 110 valence electrons. The Kier molecular flexibility index (Phi) is 3.54. The number of fused-ring (bicyclic) bond motifs is 2. The monoisotopic (exact) mass is 277 g/mol. The lowest BCUT2D eigenvalue weighted by molar-refractivity contribution is -0.138. The second kappa shape index (κ2) is 5.20. The number of aryl methyl sites for hydroxylation is 1. The number of carboxylic acid groups (broad SMARTS) is 1. The molecule has 2 atom stereocenters. The summed E-state index contributed by atoms with van der Waals surface area (Å²) in [5.41, 5.74) is 2.54. The normalized spacial score (nSPS) is 29.8. The molecule has 1 N–H and O–H groups in total. The molecule has 0 spiro atoms. The van der Waals surface area contributed by atoms with Crippen LogP contribution in [0.4, 0.5) is 0 Å². The number of nitrogens with zero attached hydrogens (tertiary/aromatic N) is 3. The Morgan fingerprint density at radius 3 is 2.55 bits per heavy atom. The number of hydrogen-bond acceptors (Lipinski definition) is 3. The van der Waals surface area contributed by atoms with Crippen molar-refractivity contribution in [2.24, 2.45) is 13.0 Å². The molecule has 2 bridgehead atoms. The number of hydrogen-bond donors (Lipinski definition) is 1. The first-order valence-electron chi connectivity index (χ1n) is 7.49. The first-order valence-corrected chi connectivity index (χ1v) is 7.49. The minimum Gasteiger partial charge on any atom is -0.481 e. The van der Waals surface area contributed by atoms with Crippen molar-refractivity contribution < 1.29 is 9.90 Å². The van der Waals surface area contributed by atoms with E-state index in [1.807, 2.05) is 17.9 Å². The first kappa shape index (κ1) is 13.6. The molecule has 3 heterocycles. The molecule has 2 aliphatic rings. The van der Waals surface area contributed by atoms with Crippen LogP contribution in [0, 0.1) is 12.8 Å². The Labute approximate surface area is 119 Å². The van der Waals surface area contributed by atoms with Crippen LogP contribution in [0.25, 0.3) is 0 Å². The highest BCUT2D eigenvalue weighted by Crippen LogP contribution is 2.40. The molecule has 0 saturated carbocycles. The molecule has 1 aromatic rings. The van der Waals surface area contributed by atoms with E-state index in [2.05, 4.69) is 16.9 Å². The number of rotatable bonds is 4. The van der Waals surface area contributed by atoms with E-state index in [0.29, 0.717) is 24.4 Å². The summed E-state index contributed by atoms with van der Waals surface area (Å²) in [6, 6.07) is 1.13. The Morgan fingerprint density at radius 1 is 1.40 bits per heavy atom. The van der Waals surface area contributed by atoms with Crippen molar-refractivity contribution in [2.75, 3.05) is 0 Å². The van der Waals surface area contributed by atoms with Crippen molar-refractivity contribution in [1.29, 1.82) is 0 Å². The molecule has 20 heavy (non-hydrogen) atoms. The Morgan fingerprint density at radius 2 is 2.05 bits per heavy atom. The van der Waals surface area contributed by atoms with Gasteiger partial charge in [-0.1, -0.05) is 0 Å². The molecule has 3 rings (SSSR count). The number of piperidine rings is 1. The highest BCUT2D eigenvalue weighted by molar-refractivity contribution is 5.67. The molecule has 0 aromatic carbocycles. The standard InChI is InChI=1S/C15H23N3O2/c1-10-12(8-16-17(10)2)9-18-13-3-4-14(18)6-11(5-13)7-15(19)20/h8,11,13-14H,3-7,9H2,1-2H3,(H,19,20). The van der Waals surface area contributed by atoms with E-state index in [1.165, 1.54) is 24.1 Å². The molecule has 2 aliphatic heterocycles. The summed E-state index contributed by atoms with van der Waals surface area (Å²) in [7, 11) is 1.98. The quantitative estimate of drug-likeness (QED) is 0.914. The van der Waals surface area contributed by atoms with Crippen molar-refractivity contribution in [1.82, 2.24) is 14.7 Å². The van der Waals surface area contributed by atoms with E-state index < -0.39 is 5.97 Å². The lowest BCUT2D eigenvalue weighted by Gasteiger charge is -2.38. The van der Waals surface area contributed by atoms with Gasteiger partial charge in [-0.25, -0.2) is 0 Å². The highest BCUT2D eigenvalue weighted by Gasteiger charge is 2.41. The Hall–Kier alpha value is -1.36. The number of carbonyl (C=O) groups is 1. The van der Waals surface area contributed by atoms with Gasteiger partial charge in [-0.15, -0.1) is 0 Å². The van der Waals surface area contributed by atoms with Crippen LogP contribution in [0.5, 0.6) is 0 Å². The molecule has 0 radical (unpaired) electrons. The maximum atomic E-state index is 10.9. The molecule has 1 aromatic heterocycles. The Bertz CT molecular complexity index is 497. The van der Waals surface area contributed by atoms with Crippen molar-refractivity contribution in [3.05, 3.63) is 17.5 Å². The second-order valence-electron chi connectivity index (χ2n) is 6.37. The fourth-order valence-corrected chi connectivity index (χ4v) is 3.95. The van der Waals surface area contributed by atoms with Crippen molar-refractivity contribution in [2.45, 2.75) is 57.7 Å². The van der Waals surface area contributed by atoms with Gasteiger partial charge < -0.3 is 5.11 Å². The average molecular weight is 277 g/mol. The largest absolute Gasteiger partial charge is 0.481 e. The molecule has 2 saturated heterocycles. The summed E-state index contributed by atoms with van der Waals surface area (Å²) < 4.78 is 1.93. The zero-order chi connectivity index (χ0) is 14.3. The summed E-state index contributed by atoms with van der Waals surface area (Å²) in [6.07, 6.45) is 6.84. The molecule has 0 amide bonds. The SMILES string of the molecule is Cc1c(CN2C3CCC2CC(CC(=O)O)C3)cnn1C. The summed E-state index contributed by atoms with van der Waals surface area (Å²) in [4.78, 5) is 13.5. The van der Waals surface area contributed by atoms with Crippen LogP contribution < -0.4 is 0 Å². The van der Waals surface area contributed by atoms with E-state index >= 15 is 0 Å². The minimum atomic E-state index is -0.647. The summed E-state index contributed by atoms with van der Waals surface area (Å²) in [6.45, 7) is 3.08. The topological polar surface area (TPSA) is 58.4 Å². The maximum Gasteiger partial charge on any atom is 0.303 e. The molecule has 2 fully saturated rings. The molecule has 2 unspecified atom stereocenters. The lowest BCUT2D eigenvalue weighted by Crippen LogP contribution is -2.42. The van der Waals surface area contributed by atoms with Gasteiger partial charge in [0.25, 0.3) is 0 Å². The van der Waals surface area contributed by atoms with Crippen LogP contribution in [0.3, 0.4) is 0 Å². The predicted molar refractivity (Wildman–Crippen MR) is 75.3 cm³/mol. The molecule has 0 aliphatic carbocycles. The third-order valence-electron chi connectivity index (χ3n) is 5.14. The van der Waals surface area contributed by atoms with Crippen LogP contribution in [-0.4, -0.2) is 37.8 Å². The van der Waals surface area contributed by atoms with Gasteiger partial charge in [0.15, 0.2) is 0 Å². The van der Waals surface area contributed by atoms with Gasteiger partial charge >= 0.3 is 5.97 Å². The maximum absolute atomic E-state index is 10.9. The van der Waals surface area contributed by atoms with E-state index in [0.717, 1.165) is 19.4 Å². The summed E-state index contributed by atoms with van der Waals surface area (Å²) in [5.74, 6) is -0.276. The van der Waals surface area contributed by atoms with E-state index in [1.54, 1.807) is 0 Å². The van der Waals surface area contributed by atoms with Gasteiger partial charge in [-0.2, -0.15) is 5.10 Å². The molecular weight excluding hydrogens is 254 g/mol. The van der Waals surface area contributed by atoms with Gasteiger partial charge in [0.05, 0.1) is 6.20 Å². The van der Waals surface area contributed by atoms with Crippen LogP contribution >= 0.6 is 0 Å². The van der Waals surface area contributed by atoms with Gasteiger partial charge in [-0.05, 0) is 38.5 Å². The van der Waals surface area contributed by atoms with E-state index in [9.17, 15) is 4.79 Å². The third kappa shape index (κ3) is 2.46. The van der Waals surface area contributed by atoms with Crippen molar-refractivity contribution >= 4 is 5.97 Å². The molecule has 5 heteroatoms. The van der Waals surface area contributed by atoms with E-state index in [-0.39, 0.29) is 0 Å². The zero-order valence-corrected chi connectivity index (χ0v) is 12.2. The van der Waals surface area contributed by atoms with Gasteiger partial charge in [-0.3, -0.25) is 14.4 Å². The van der Waals surface area contributed by atoms with Gasteiger partial charge in [0.2, 0.25) is 0 Å². The lowest BCUT2D eigenvalue weighted by atomic mass is 9.88. The van der Waals surface area contributed by atoms with Crippen LogP contribution in [0.1, 0.15) is 43.4 Å². The van der Waals surface area contributed by atoms with Crippen molar-refractivity contribution in [3.63, 3.8) is 0 Å². The zero-order valence-electron chi connectivity index (χ0n) is 12.2. The summed E-state index contributed by atoms with van der Waals surface area (Å²) in [5, 5.41) is 13.3. The first-order chi connectivity index (χ1) is 9.54. The second-order valence-corrected chi connectivity index (χ2v) is 6.37. The predicted octanol–water partition coefficient (Wildman–Crippen LogP) is 1.95. The number of aliphatic carboxylic acids is 1. The van der Waals surface area contributed by atoms with Crippen molar-refractivity contribution in [3.8, 4) is 0 Å². The number of carboxylic acids is 1. The van der Waals surface area contributed by atoms with Crippen LogP contribution in [-0.2, 0) is 18.4 Å². The summed E-state index contributed by atoms with van der Waals surface area (Å²) >= 11 is 0. The minimum absolute atomic E-state index is 0.340. The van der Waals surface area contributed by atoms with E-state index in [4.69, 9.17) is 5.11 Å². The fraction of sp³-hybridized carbons (Fsp3) is 0.733. The van der Waals surface area contributed by atoms with Gasteiger partial charge in [0.1, 0.15) is 0 Å². The highest BCUT2D eigenvalue weighted by atomic mass is 16.4. The fourth-order valence-electron chi connectivity index (χ4n) is 3.95. The third-order valence-corrected chi connectivity index (χ3v) is 5.14. The van der Waals surface area contributed by atoms with Crippen LogP contribution in [0.2, 0.25) is 0 Å². The molecular formula is C15H23N3O2. The smallest absolute Gasteiger partial charge is 0.303 e. The van der Waals surface area contributed by atoms with Gasteiger partial charge in [0, 0.05) is 43.4 Å². The molecule has 5 nitrogen and oxygen atoms in total. The average Bonchev–Trinajstić information content (AvgIpc) is 2.81.